The molecule has 1 atom stereocenters. The lowest BCUT2D eigenvalue weighted by Gasteiger charge is -2.25. The van der Waals surface area contributed by atoms with Crippen LogP contribution < -0.4 is 9.47 Å². The Bertz CT molecular complexity index is 560. The highest BCUT2D eigenvalue weighted by Crippen LogP contribution is 2.28. The van der Waals surface area contributed by atoms with Crippen molar-refractivity contribution < 1.29 is 28.9 Å². The van der Waals surface area contributed by atoms with Crippen LogP contribution in [0.3, 0.4) is 0 Å². The fraction of sp³-hybridized carbons (Fsp3) is 0.529. The molecule has 1 unspecified atom stereocenters. The number of benzene rings is 1. The third kappa shape index (κ3) is 5.13. The smallest absolute Gasteiger partial charge is 0.310 e. The monoisotopic (exact) mass is 339 g/mol. The van der Waals surface area contributed by atoms with Gasteiger partial charge in [-0.2, -0.15) is 0 Å². The average Bonchev–Trinajstić information content (AvgIpc) is 2.62. The largest absolute Gasteiger partial charge is 0.493 e. The molecule has 0 aliphatic heterocycles. The topological polar surface area (TPSA) is 85.3 Å². The van der Waals surface area contributed by atoms with Crippen LogP contribution in [-0.2, 0) is 9.53 Å². The minimum absolute atomic E-state index is 0.0394. The van der Waals surface area contributed by atoms with Crippen LogP contribution >= 0.6 is 0 Å². The zero-order valence-electron chi connectivity index (χ0n) is 14.6. The van der Waals surface area contributed by atoms with Crippen molar-refractivity contribution in [3.8, 4) is 11.5 Å². The first-order chi connectivity index (χ1) is 11.5. The third-order valence-electron chi connectivity index (χ3n) is 3.60. The van der Waals surface area contributed by atoms with E-state index < -0.39 is 5.92 Å². The highest BCUT2D eigenvalue weighted by atomic mass is 16.5. The van der Waals surface area contributed by atoms with Gasteiger partial charge < -0.3 is 24.2 Å². The van der Waals surface area contributed by atoms with E-state index in [4.69, 9.17) is 19.3 Å². The minimum Gasteiger partial charge on any atom is -0.493 e. The van der Waals surface area contributed by atoms with Gasteiger partial charge in [0.05, 0.1) is 27.2 Å². The molecule has 7 nitrogen and oxygen atoms in total. The van der Waals surface area contributed by atoms with E-state index in [0.717, 1.165) is 0 Å². The van der Waals surface area contributed by atoms with Crippen molar-refractivity contribution in [3.63, 3.8) is 0 Å². The second-order valence-corrected chi connectivity index (χ2v) is 5.32. The first-order valence-electron chi connectivity index (χ1n) is 7.68. The second-order valence-electron chi connectivity index (χ2n) is 5.32. The lowest BCUT2D eigenvalue weighted by Crippen LogP contribution is -2.38. The van der Waals surface area contributed by atoms with Crippen LogP contribution in [0, 0.1) is 5.92 Å². The van der Waals surface area contributed by atoms with Crippen LogP contribution in [-0.4, -0.2) is 62.9 Å². The van der Waals surface area contributed by atoms with Gasteiger partial charge in [0.25, 0.3) is 5.91 Å². The summed E-state index contributed by atoms with van der Waals surface area (Å²) in [6.45, 7) is 2.20. The summed E-state index contributed by atoms with van der Waals surface area (Å²) in [4.78, 5) is 25.9. The number of hydrogen-bond donors (Lipinski definition) is 1. The molecule has 0 saturated heterocycles. The number of carbonyl (C=O) groups is 2. The molecular formula is C17H25NO6. The molecule has 0 bridgehead atoms. The van der Waals surface area contributed by atoms with Gasteiger partial charge in [0.15, 0.2) is 11.5 Å². The number of hydrogen-bond acceptors (Lipinski definition) is 6. The molecule has 1 rings (SSSR count). The number of ether oxygens (including phenoxy) is 3. The van der Waals surface area contributed by atoms with Gasteiger partial charge in [-0.15, -0.1) is 0 Å². The quantitative estimate of drug-likeness (QED) is 0.683. The summed E-state index contributed by atoms with van der Waals surface area (Å²) in [6.07, 6.45) is 0.424. The molecule has 1 amide bonds. The van der Waals surface area contributed by atoms with Gasteiger partial charge in [0.1, 0.15) is 0 Å². The standard InChI is InChI=1S/C17H25NO6/c1-12(17(21)24-4)11-18(8-5-9-19)16(20)13-6-7-14(22-2)15(10-13)23-3/h6-7,10,12,19H,5,8-9,11H2,1-4H3. The van der Waals surface area contributed by atoms with Gasteiger partial charge in [-0.1, -0.05) is 6.92 Å². The highest BCUT2D eigenvalue weighted by molar-refractivity contribution is 5.95. The van der Waals surface area contributed by atoms with Crippen LogP contribution in [0.25, 0.3) is 0 Å². The number of methoxy groups -OCH3 is 3. The molecule has 0 aromatic heterocycles. The molecule has 1 aromatic carbocycles. The summed E-state index contributed by atoms with van der Waals surface area (Å²) in [5.41, 5.74) is 0.419. The molecule has 0 fully saturated rings. The molecule has 134 valence electrons. The van der Waals surface area contributed by atoms with E-state index in [1.54, 1.807) is 25.1 Å². The normalized spacial score (nSPS) is 11.5. The van der Waals surface area contributed by atoms with Gasteiger partial charge in [0, 0.05) is 25.3 Å². The highest BCUT2D eigenvalue weighted by Gasteiger charge is 2.23. The van der Waals surface area contributed by atoms with Gasteiger partial charge in [-0.25, -0.2) is 0 Å². The van der Waals surface area contributed by atoms with Crippen LogP contribution in [0.1, 0.15) is 23.7 Å². The maximum Gasteiger partial charge on any atom is 0.310 e. The first kappa shape index (κ1) is 19.8. The van der Waals surface area contributed by atoms with Crippen molar-refractivity contribution in [2.24, 2.45) is 5.92 Å². The molecular weight excluding hydrogens is 314 g/mol. The van der Waals surface area contributed by atoms with E-state index in [2.05, 4.69) is 0 Å². The van der Waals surface area contributed by atoms with Crippen molar-refractivity contribution in [2.75, 3.05) is 41.0 Å². The lowest BCUT2D eigenvalue weighted by atomic mass is 10.1. The molecule has 0 aliphatic rings. The second kappa shape index (κ2) is 9.77. The van der Waals surface area contributed by atoms with Crippen LogP contribution in [0.5, 0.6) is 11.5 Å². The summed E-state index contributed by atoms with van der Waals surface area (Å²) in [6, 6.07) is 4.88. The van der Waals surface area contributed by atoms with E-state index in [1.165, 1.54) is 26.2 Å². The average molecular weight is 339 g/mol. The number of amides is 1. The summed E-state index contributed by atoms with van der Waals surface area (Å²) < 4.78 is 15.1. The Labute approximate surface area is 142 Å². The van der Waals surface area contributed by atoms with Gasteiger partial charge in [-0.05, 0) is 24.6 Å². The van der Waals surface area contributed by atoms with Gasteiger partial charge >= 0.3 is 5.97 Å². The van der Waals surface area contributed by atoms with E-state index in [0.29, 0.717) is 30.0 Å². The molecule has 0 heterocycles. The summed E-state index contributed by atoms with van der Waals surface area (Å²) in [5, 5.41) is 9.04. The maximum atomic E-state index is 12.8. The number of carbonyl (C=O) groups excluding carboxylic acids is 2. The van der Waals surface area contributed by atoms with E-state index in [9.17, 15) is 9.59 Å². The fourth-order valence-electron chi connectivity index (χ4n) is 2.30. The van der Waals surface area contributed by atoms with E-state index in [1.807, 2.05) is 0 Å². The fourth-order valence-corrected chi connectivity index (χ4v) is 2.30. The number of aliphatic hydroxyl groups is 1. The molecule has 0 saturated carbocycles. The van der Waals surface area contributed by atoms with Crippen molar-refractivity contribution in [1.29, 1.82) is 0 Å². The van der Waals surface area contributed by atoms with Crippen LogP contribution in [0.4, 0.5) is 0 Å². The maximum absolute atomic E-state index is 12.8. The lowest BCUT2D eigenvalue weighted by molar-refractivity contribution is -0.145. The summed E-state index contributed by atoms with van der Waals surface area (Å²) in [7, 11) is 4.33. The third-order valence-corrected chi connectivity index (χ3v) is 3.60. The minimum atomic E-state index is -0.460. The number of nitrogens with zero attached hydrogens (tertiary/aromatic N) is 1. The summed E-state index contributed by atoms with van der Waals surface area (Å²) in [5.74, 6) is -0.118. The van der Waals surface area contributed by atoms with Crippen molar-refractivity contribution >= 4 is 11.9 Å². The Balaban J connectivity index is 3.00. The number of rotatable bonds is 9. The van der Waals surface area contributed by atoms with Crippen molar-refractivity contribution in [1.82, 2.24) is 4.90 Å². The SMILES string of the molecule is COC(=O)C(C)CN(CCCO)C(=O)c1ccc(OC)c(OC)c1. The molecule has 0 radical (unpaired) electrons. The number of esters is 1. The Kier molecular flexibility index (Phi) is 8.05. The molecule has 24 heavy (non-hydrogen) atoms. The Morgan fingerprint density at radius 2 is 1.83 bits per heavy atom. The van der Waals surface area contributed by atoms with Crippen molar-refractivity contribution in [3.05, 3.63) is 23.8 Å². The van der Waals surface area contributed by atoms with Gasteiger partial charge in [0.2, 0.25) is 0 Å². The van der Waals surface area contributed by atoms with Crippen molar-refractivity contribution in [2.45, 2.75) is 13.3 Å². The Morgan fingerprint density at radius 1 is 1.17 bits per heavy atom. The van der Waals surface area contributed by atoms with E-state index in [-0.39, 0.29) is 25.0 Å². The molecule has 1 aromatic rings. The summed E-state index contributed by atoms with van der Waals surface area (Å²) >= 11 is 0. The molecule has 0 spiro atoms. The Morgan fingerprint density at radius 3 is 2.38 bits per heavy atom. The Hall–Kier alpha value is -2.28. The number of aliphatic hydroxyl groups excluding tert-OH is 1. The van der Waals surface area contributed by atoms with Gasteiger partial charge in [-0.3, -0.25) is 9.59 Å². The van der Waals surface area contributed by atoms with E-state index >= 15 is 0 Å². The molecule has 0 aliphatic carbocycles. The molecule has 1 N–H and O–H groups in total. The van der Waals surface area contributed by atoms with Crippen LogP contribution in [0.15, 0.2) is 18.2 Å². The zero-order chi connectivity index (χ0) is 18.1. The predicted octanol–water partition coefficient (Wildman–Crippen LogP) is 1.34. The van der Waals surface area contributed by atoms with Crippen LogP contribution in [0.2, 0.25) is 0 Å². The first-order valence-corrected chi connectivity index (χ1v) is 7.68. The predicted molar refractivity (Wildman–Crippen MR) is 88.3 cm³/mol. The molecule has 7 heteroatoms. The zero-order valence-corrected chi connectivity index (χ0v) is 14.6.